The van der Waals surface area contributed by atoms with Gasteiger partial charge in [0.1, 0.15) is 0 Å². The molecule has 7 heteroatoms. The summed E-state index contributed by atoms with van der Waals surface area (Å²) in [6, 6.07) is 8.84. The number of thiophene rings is 1. The van der Waals surface area contributed by atoms with Crippen LogP contribution in [-0.4, -0.2) is 17.5 Å². The maximum absolute atomic E-state index is 11.8. The van der Waals surface area contributed by atoms with Gasteiger partial charge in [-0.2, -0.15) is 5.10 Å². The number of amides is 2. The summed E-state index contributed by atoms with van der Waals surface area (Å²) >= 11 is 7.46. The van der Waals surface area contributed by atoms with E-state index in [1.54, 1.807) is 32.0 Å². The predicted molar refractivity (Wildman–Crippen MR) is 89.5 cm³/mol. The van der Waals surface area contributed by atoms with Crippen LogP contribution in [-0.2, 0) is 9.59 Å². The highest BCUT2D eigenvalue weighted by molar-refractivity contribution is 7.12. The summed E-state index contributed by atoms with van der Waals surface area (Å²) < 4.78 is 0. The van der Waals surface area contributed by atoms with Crippen LogP contribution in [0.3, 0.4) is 0 Å². The zero-order valence-corrected chi connectivity index (χ0v) is 13.6. The second-order valence-electron chi connectivity index (χ2n) is 4.48. The molecule has 0 saturated carbocycles. The highest BCUT2D eigenvalue weighted by atomic mass is 35.5. The van der Waals surface area contributed by atoms with Gasteiger partial charge in [-0.3, -0.25) is 9.59 Å². The number of benzene rings is 1. The van der Waals surface area contributed by atoms with Gasteiger partial charge in [-0.1, -0.05) is 23.7 Å². The third-order valence-electron chi connectivity index (χ3n) is 2.93. The van der Waals surface area contributed by atoms with Crippen molar-refractivity contribution in [1.82, 2.24) is 5.43 Å². The van der Waals surface area contributed by atoms with Crippen molar-refractivity contribution in [2.75, 3.05) is 5.32 Å². The third kappa shape index (κ3) is 3.93. The number of nitrogens with zero attached hydrogens (tertiary/aromatic N) is 1. The summed E-state index contributed by atoms with van der Waals surface area (Å²) in [5.74, 6) is -1.64. The number of rotatable bonds is 3. The molecule has 22 heavy (non-hydrogen) atoms. The van der Waals surface area contributed by atoms with E-state index >= 15 is 0 Å². The number of carbonyl (C=O) groups excluding carboxylic acids is 2. The Morgan fingerprint density at radius 1 is 1.18 bits per heavy atom. The first kappa shape index (κ1) is 16.2. The van der Waals surface area contributed by atoms with E-state index in [0.29, 0.717) is 22.0 Å². The zero-order valence-electron chi connectivity index (χ0n) is 12.0. The van der Waals surface area contributed by atoms with Crippen LogP contribution in [0.15, 0.2) is 40.8 Å². The van der Waals surface area contributed by atoms with Gasteiger partial charge in [0, 0.05) is 15.6 Å². The van der Waals surface area contributed by atoms with Gasteiger partial charge in [0.2, 0.25) is 0 Å². The molecule has 0 unspecified atom stereocenters. The van der Waals surface area contributed by atoms with E-state index in [1.165, 1.54) is 11.3 Å². The summed E-state index contributed by atoms with van der Waals surface area (Å²) in [7, 11) is 0. The van der Waals surface area contributed by atoms with E-state index in [2.05, 4.69) is 15.8 Å². The number of hydrogen-bond acceptors (Lipinski definition) is 4. The lowest BCUT2D eigenvalue weighted by atomic mass is 10.2. The average Bonchev–Trinajstić information content (AvgIpc) is 3.03. The number of nitrogens with one attached hydrogen (secondary N) is 2. The van der Waals surface area contributed by atoms with Crippen molar-refractivity contribution < 1.29 is 9.59 Å². The van der Waals surface area contributed by atoms with Gasteiger partial charge in [0.15, 0.2) is 0 Å². The van der Waals surface area contributed by atoms with E-state index in [4.69, 9.17) is 11.6 Å². The Bertz CT molecular complexity index is 726. The first-order valence-corrected chi connectivity index (χ1v) is 7.69. The van der Waals surface area contributed by atoms with E-state index in [-0.39, 0.29) is 0 Å². The molecule has 5 nitrogen and oxygen atoms in total. The predicted octanol–water partition coefficient (Wildman–Crippen LogP) is 3.19. The van der Waals surface area contributed by atoms with Crippen molar-refractivity contribution in [2.45, 2.75) is 13.8 Å². The molecule has 0 radical (unpaired) electrons. The fourth-order valence-electron chi connectivity index (χ4n) is 1.65. The van der Waals surface area contributed by atoms with Gasteiger partial charge in [-0.15, -0.1) is 11.3 Å². The Hall–Kier alpha value is -2.18. The monoisotopic (exact) mass is 335 g/mol. The lowest BCUT2D eigenvalue weighted by Gasteiger charge is -2.08. The Balaban J connectivity index is 1.99. The number of hydrogen-bond donors (Lipinski definition) is 2. The van der Waals surface area contributed by atoms with Crippen molar-refractivity contribution >= 4 is 46.2 Å². The lowest BCUT2D eigenvalue weighted by Crippen LogP contribution is -2.33. The number of carbonyl (C=O) groups is 2. The maximum atomic E-state index is 11.8. The van der Waals surface area contributed by atoms with Crippen LogP contribution in [0.5, 0.6) is 0 Å². The highest BCUT2D eigenvalue weighted by Gasteiger charge is 2.15. The standard InChI is InChI=1S/C15H14ClN3O2S/c1-9-11(16)5-3-6-12(9)17-14(20)15(21)19-18-10(2)13-7-4-8-22-13/h3-8H,1-2H3,(H,17,20)(H,19,21)/b18-10-. The Kier molecular flexibility index (Phi) is 5.30. The van der Waals surface area contributed by atoms with Crippen LogP contribution in [0.4, 0.5) is 5.69 Å². The van der Waals surface area contributed by atoms with Crippen molar-refractivity contribution in [3.8, 4) is 0 Å². The minimum Gasteiger partial charge on any atom is -0.317 e. The van der Waals surface area contributed by atoms with Gasteiger partial charge < -0.3 is 5.32 Å². The Morgan fingerprint density at radius 3 is 2.64 bits per heavy atom. The van der Waals surface area contributed by atoms with Crippen molar-refractivity contribution in [3.63, 3.8) is 0 Å². The largest absolute Gasteiger partial charge is 0.329 e. The van der Waals surface area contributed by atoms with Gasteiger partial charge in [-0.05, 0) is 43.0 Å². The minimum absolute atomic E-state index is 0.492. The van der Waals surface area contributed by atoms with Crippen LogP contribution in [0, 0.1) is 6.92 Å². The molecule has 0 aliphatic rings. The van der Waals surface area contributed by atoms with E-state index in [1.807, 2.05) is 17.5 Å². The molecule has 0 aliphatic heterocycles. The molecule has 1 aromatic heterocycles. The molecule has 2 rings (SSSR count). The fourth-order valence-corrected chi connectivity index (χ4v) is 2.50. The number of hydrazone groups is 1. The first-order valence-electron chi connectivity index (χ1n) is 6.43. The summed E-state index contributed by atoms with van der Waals surface area (Å²) in [6.07, 6.45) is 0. The van der Waals surface area contributed by atoms with E-state index in [0.717, 1.165) is 4.88 Å². The van der Waals surface area contributed by atoms with Crippen molar-refractivity contribution in [2.24, 2.45) is 5.10 Å². The molecular weight excluding hydrogens is 322 g/mol. The molecule has 0 fully saturated rings. The van der Waals surface area contributed by atoms with Crippen molar-refractivity contribution in [3.05, 3.63) is 51.2 Å². The molecule has 2 N–H and O–H groups in total. The molecule has 0 atom stereocenters. The lowest BCUT2D eigenvalue weighted by molar-refractivity contribution is -0.136. The molecule has 0 bridgehead atoms. The van der Waals surface area contributed by atoms with Crippen LogP contribution < -0.4 is 10.7 Å². The van der Waals surface area contributed by atoms with E-state index < -0.39 is 11.8 Å². The molecule has 114 valence electrons. The summed E-state index contributed by atoms with van der Waals surface area (Å²) in [4.78, 5) is 24.5. The SMILES string of the molecule is C/C(=N/NC(=O)C(=O)Nc1cccc(Cl)c1C)c1cccs1. The van der Waals surface area contributed by atoms with Gasteiger partial charge in [0.25, 0.3) is 0 Å². The maximum Gasteiger partial charge on any atom is 0.329 e. The molecule has 0 aliphatic carbocycles. The minimum atomic E-state index is -0.838. The molecular formula is C15H14ClN3O2S. The quantitative estimate of drug-likeness (QED) is 0.513. The molecule has 1 aromatic carbocycles. The van der Waals surface area contributed by atoms with Gasteiger partial charge >= 0.3 is 11.8 Å². The molecule has 1 heterocycles. The Labute approximate surface area is 137 Å². The smallest absolute Gasteiger partial charge is 0.317 e. The fraction of sp³-hybridized carbons (Fsp3) is 0.133. The van der Waals surface area contributed by atoms with Gasteiger partial charge in [0.05, 0.1) is 5.71 Å². The first-order chi connectivity index (χ1) is 10.5. The Morgan fingerprint density at radius 2 is 1.95 bits per heavy atom. The second-order valence-corrected chi connectivity index (χ2v) is 5.84. The van der Waals surface area contributed by atoms with Crippen LogP contribution in [0.1, 0.15) is 17.4 Å². The van der Waals surface area contributed by atoms with Gasteiger partial charge in [-0.25, -0.2) is 5.43 Å². The number of anilines is 1. The summed E-state index contributed by atoms with van der Waals surface area (Å²) in [5, 5.41) is 8.84. The highest BCUT2D eigenvalue weighted by Crippen LogP contribution is 2.22. The molecule has 0 saturated heterocycles. The normalized spacial score (nSPS) is 11.1. The average molecular weight is 336 g/mol. The third-order valence-corrected chi connectivity index (χ3v) is 4.31. The zero-order chi connectivity index (χ0) is 16.1. The van der Waals surface area contributed by atoms with Crippen LogP contribution >= 0.6 is 22.9 Å². The molecule has 0 spiro atoms. The number of halogens is 1. The van der Waals surface area contributed by atoms with E-state index in [9.17, 15) is 9.59 Å². The molecule has 2 aromatic rings. The summed E-state index contributed by atoms with van der Waals surface area (Å²) in [5.41, 5.74) is 4.06. The summed E-state index contributed by atoms with van der Waals surface area (Å²) in [6.45, 7) is 3.51. The van der Waals surface area contributed by atoms with Crippen LogP contribution in [0.2, 0.25) is 5.02 Å². The van der Waals surface area contributed by atoms with Crippen LogP contribution in [0.25, 0.3) is 0 Å². The molecule has 2 amide bonds. The second kappa shape index (κ2) is 7.20. The van der Waals surface area contributed by atoms with Crippen molar-refractivity contribution in [1.29, 1.82) is 0 Å². The topological polar surface area (TPSA) is 70.6 Å².